The van der Waals surface area contributed by atoms with Gasteiger partial charge in [0.25, 0.3) is 0 Å². The molecule has 1 atom stereocenters. The van der Waals surface area contributed by atoms with Gasteiger partial charge in [-0.05, 0) is 30.3 Å². The SMILES string of the molecule is C#Cc1cccc(NC(=O)C2CC(=O)N(c3ccc4c(c3)OCCO4)C2)c1. The van der Waals surface area contributed by atoms with Gasteiger partial charge in [-0.2, -0.15) is 0 Å². The minimum absolute atomic E-state index is 0.0933. The lowest BCUT2D eigenvalue weighted by Gasteiger charge is -2.22. The molecule has 4 rings (SSSR count). The summed E-state index contributed by atoms with van der Waals surface area (Å²) in [5, 5.41) is 2.84. The number of hydrogen-bond donors (Lipinski definition) is 1. The zero-order valence-electron chi connectivity index (χ0n) is 14.6. The van der Waals surface area contributed by atoms with E-state index in [9.17, 15) is 9.59 Å². The molecule has 6 nitrogen and oxygen atoms in total. The first-order valence-electron chi connectivity index (χ1n) is 8.71. The van der Waals surface area contributed by atoms with Crippen molar-refractivity contribution in [2.45, 2.75) is 6.42 Å². The highest BCUT2D eigenvalue weighted by Gasteiger charge is 2.35. The second kappa shape index (κ2) is 7.04. The van der Waals surface area contributed by atoms with E-state index in [1.54, 1.807) is 41.3 Å². The largest absolute Gasteiger partial charge is 0.486 e. The number of amides is 2. The predicted molar refractivity (Wildman–Crippen MR) is 101 cm³/mol. The molecule has 136 valence electrons. The minimum Gasteiger partial charge on any atom is -0.486 e. The Balaban J connectivity index is 1.47. The molecule has 1 saturated heterocycles. The summed E-state index contributed by atoms with van der Waals surface area (Å²) in [4.78, 5) is 26.7. The Labute approximate surface area is 157 Å². The lowest BCUT2D eigenvalue weighted by Crippen LogP contribution is -2.28. The fourth-order valence-corrected chi connectivity index (χ4v) is 3.26. The van der Waals surface area contributed by atoms with Crippen molar-refractivity contribution in [3.8, 4) is 23.8 Å². The Hall–Kier alpha value is -3.46. The lowest BCUT2D eigenvalue weighted by molar-refractivity contribution is -0.122. The summed E-state index contributed by atoms with van der Waals surface area (Å²) in [6.45, 7) is 1.31. The second-order valence-corrected chi connectivity index (χ2v) is 6.45. The molecule has 1 N–H and O–H groups in total. The number of carbonyl (C=O) groups excluding carboxylic acids is 2. The molecule has 1 unspecified atom stereocenters. The van der Waals surface area contributed by atoms with Crippen LogP contribution in [0.15, 0.2) is 42.5 Å². The minimum atomic E-state index is -0.430. The standard InChI is InChI=1S/C21H18N2O4/c1-2-14-4-3-5-16(10-14)22-21(25)15-11-20(24)23(13-15)17-6-7-18-19(12-17)27-9-8-26-18/h1,3-7,10,12,15H,8-9,11,13H2,(H,22,25). The number of fused-ring (bicyclic) bond motifs is 1. The highest BCUT2D eigenvalue weighted by Crippen LogP contribution is 2.36. The van der Waals surface area contributed by atoms with Crippen LogP contribution < -0.4 is 19.7 Å². The van der Waals surface area contributed by atoms with Crippen molar-refractivity contribution >= 4 is 23.2 Å². The van der Waals surface area contributed by atoms with Crippen molar-refractivity contribution in [2.24, 2.45) is 5.92 Å². The van der Waals surface area contributed by atoms with E-state index in [1.165, 1.54) is 0 Å². The summed E-state index contributed by atoms with van der Waals surface area (Å²) >= 11 is 0. The van der Waals surface area contributed by atoms with E-state index in [0.29, 0.717) is 48.2 Å². The molecule has 2 heterocycles. The number of terminal acetylenes is 1. The van der Waals surface area contributed by atoms with Crippen LogP contribution in [0, 0.1) is 18.3 Å². The molecule has 0 spiro atoms. The lowest BCUT2D eigenvalue weighted by atomic mass is 10.1. The number of rotatable bonds is 3. The maximum absolute atomic E-state index is 12.6. The molecule has 2 aromatic rings. The molecule has 27 heavy (non-hydrogen) atoms. The van der Waals surface area contributed by atoms with Gasteiger partial charge in [0, 0.05) is 36.0 Å². The van der Waals surface area contributed by atoms with Gasteiger partial charge in [-0.15, -0.1) is 6.42 Å². The third-order valence-electron chi connectivity index (χ3n) is 4.63. The van der Waals surface area contributed by atoms with E-state index in [2.05, 4.69) is 11.2 Å². The molecule has 2 aliphatic heterocycles. The van der Waals surface area contributed by atoms with E-state index >= 15 is 0 Å². The average Bonchev–Trinajstić information content (AvgIpc) is 3.09. The second-order valence-electron chi connectivity index (χ2n) is 6.45. The topological polar surface area (TPSA) is 67.9 Å². The predicted octanol–water partition coefficient (Wildman–Crippen LogP) is 2.43. The molecule has 0 radical (unpaired) electrons. The summed E-state index contributed by atoms with van der Waals surface area (Å²) in [6, 6.07) is 12.5. The number of hydrogen-bond acceptors (Lipinski definition) is 4. The molecular formula is C21H18N2O4. The summed E-state index contributed by atoms with van der Waals surface area (Å²) in [5.74, 6) is 3.10. The quantitative estimate of drug-likeness (QED) is 0.852. The Morgan fingerprint density at radius 1 is 1.15 bits per heavy atom. The van der Waals surface area contributed by atoms with Crippen LogP contribution in [0.1, 0.15) is 12.0 Å². The summed E-state index contributed by atoms with van der Waals surface area (Å²) < 4.78 is 11.1. The third-order valence-corrected chi connectivity index (χ3v) is 4.63. The molecule has 1 fully saturated rings. The highest BCUT2D eigenvalue weighted by atomic mass is 16.6. The molecule has 0 aromatic heterocycles. The smallest absolute Gasteiger partial charge is 0.229 e. The van der Waals surface area contributed by atoms with E-state index in [-0.39, 0.29) is 18.2 Å². The molecule has 6 heteroatoms. The molecule has 2 amide bonds. The van der Waals surface area contributed by atoms with Crippen LogP contribution in [0.4, 0.5) is 11.4 Å². The first-order chi connectivity index (χ1) is 13.1. The van der Waals surface area contributed by atoms with Gasteiger partial charge in [-0.3, -0.25) is 9.59 Å². The van der Waals surface area contributed by atoms with Crippen LogP contribution in [0.5, 0.6) is 11.5 Å². The van der Waals surface area contributed by atoms with Crippen LogP contribution >= 0.6 is 0 Å². The number of carbonyl (C=O) groups is 2. The summed E-state index contributed by atoms with van der Waals surface area (Å²) in [7, 11) is 0. The Bertz CT molecular complexity index is 947. The van der Waals surface area contributed by atoms with Crippen LogP contribution in [-0.2, 0) is 9.59 Å². The maximum atomic E-state index is 12.6. The average molecular weight is 362 g/mol. The van der Waals surface area contributed by atoms with Gasteiger partial charge in [-0.25, -0.2) is 0 Å². The normalized spacial score (nSPS) is 18.1. The summed E-state index contributed by atoms with van der Waals surface area (Å²) in [5.41, 5.74) is 2.02. The van der Waals surface area contributed by atoms with E-state index < -0.39 is 5.92 Å². The van der Waals surface area contributed by atoms with Crippen molar-refractivity contribution in [1.29, 1.82) is 0 Å². The molecule has 0 aliphatic carbocycles. The van der Waals surface area contributed by atoms with Crippen molar-refractivity contribution in [2.75, 3.05) is 30.0 Å². The number of nitrogens with zero attached hydrogens (tertiary/aromatic N) is 1. The number of benzene rings is 2. The first kappa shape index (κ1) is 17.0. The van der Waals surface area contributed by atoms with Crippen LogP contribution in [0.2, 0.25) is 0 Å². The molecule has 0 bridgehead atoms. The van der Waals surface area contributed by atoms with Crippen molar-refractivity contribution in [1.82, 2.24) is 0 Å². The Kier molecular flexibility index (Phi) is 4.43. The van der Waals surface area contributed by atoms with Gasteiger partial charge in [0.05, 0.1) is 5.92 Å². The number of nitrogens with one attached hydrogen (secondary N) is 1. The van der Waals surface area contributed by atoms with Crippen molar-refractivity contribution in [3.05, 3.63) is 48.0 Å². The monoisotopic (exact) mass is 362 g/mol. The van der Waals surface area contributed by atoms with Gasteiger partial charge in [0.15, 0.2) is 11.5 Å². The number of ether oxygens (including phenoxy) is 2. The van der Waals surface area contributed by atoms with E-state index in [4.69, 9.17) is 15.9 Å². The third kappa shape index (κ3) is 3.44. The van der Waals surface area contributed by atoms with Gasteiger partial charge in [0.1, 0.15) is 13.2 Å². The van der Waals surface area contributed by atoms with Crippen LogP contribution in [0.25, 0.3) is 0 Å². The van der Waals surface area contributed by atoms with Gasteiger partial charge < -0.3 is 19.7 Å². The fraction of sp³-hybridized carbons (Fsp3) is 0.238. The maximum Gasteiger partial charge on any atom is 0.229 e. The summed E-state index contributed by atoms with van der Waals surface area (Å²) in [6.07, 6.45) is 5.55. The fourth-order valence-electron chi connectivity index (χ4n) is 3.26. The molecule has 2 aliphatic rings. The van der Waals surface area contributed by atoms with Crippen molar-refractivity contribution in [3.63, 3.8) is 0 Å². The van der Waals surface area contributed by atoms with Crippen molar-refractivity contribution < 1.29 is 19.1 Å². The zero-order valence-corrected chi connectivity index (χ0v) is 14.6. The van der Waals surface area contributed by atoms with E-state index in [0.717, 1.165) is 0 Å². The highest BCUT2D eigenvalue weighted by molar-refractivity contribution is 6.03. The van der Waals surface area contributed by atoms with Gasteiger partial charge >= 0.3 is 0 Å². The van der Waals surface area contributed by atoms with E-state index in [1.807, 2.05) is 6.07 Å². The zero-order chi connectivity index (χ0) is 18.8. The van der Waals surface area contributed by atoms with Crippen LogP contribution in [-0.4, -0.2) is 31.6 Å². The molecular weight excluding hydrogens is 344 g/mol. The Morgan fingerprint density at radius 3 is 2.78 bits per heavy atom. The van der Waals surface area contributed by atoms with Crippen LogP contribution in [0.3, 0.4) is 0 Å². The molecule has 2 aromatic carbocycles. The first-order valence-corrected chi connectivity index (χ1v) is 8.71. The molecule has 0 saturated carbocycles. The number of anilines is 2. The Morgan fingerprint density at radius 2 is 1.96 bits per heavy atom. The van der Waals surface area contributed by atoms with Gasteiger partial charge in [0.2, 0.25) is 11.8 Å². The van der Waals surface area contributed by atoms with Gasteiger partial charge in [-0.1, -0.05) is 12.0 Å².